The Morgan fingerprint density at radius 3 is 2.71 bits per heavy atom. The fourth-order valence-electron chi connectivity index (χ4n) is 2.87. The Morgan fingerprint density at radius 1 is 1.46 bits per heavy atom. The molecule has 6 heteroatoms. The van der Waals surface area contributed by atoms with Gasteiger partial charge in [0.2, 0.25) is 5.91 Å². The van der Waals surface area contributed by atoms with Crippen molar-refractivity contribution in [2.75, 3.05) is 29.9 Å². The molecule has 5 nitrogen and oxygen atoms in total. The molecule has 24 heavy (non-hydrogen) atoms. The van der Waals surface area contributed by atoms with Gasteiger partial charge in [0.25, 0.3) is 0 Å². The molecule has 0 unspecified atom stereocenters. The van der Waals surface area contributed by atoms with Gasteiger partial charge in [-0.3, -0.25) is 4.79 Å². The maximum atomic E-state index is 14.5. The molecule has 1 amide bonds. The molecule has 0 bridgehead atoms. The second-order valence-corrected chi connectivity index (χ2v) is 6.23. The molecule has 2 N–H and O–H groups in total. The summed E-state index contributed by atoms with van der Waals surface area (Å²) in [5, 5.41) is 5.71. The number of carbonyl (C=O) groups excluding carboxylic acids is 1. The summed E-state index contributed by atoms with van der Waals surface area (Å²) < 4.78 is 20.2. The van der Waals surface area contributed by atoms with E-state index in [0.717, 1.165) is 0 Å². The van der Waals surface area contributed by atoms with Gasteiger partial charge in [-0.15, -0.1) is 6.58 Å². The largest absolute Gasteiger partial charge is 0.374 e. The zero-order valence-electron chi connectivity index (χ0n) is 14.5. The molecule has 0 spiro atoms. The summed E-state index contributed by atoms with van der Waals surface area (Å²) in [5.41, 5.74) is 1.14. The summed E-state index contributed by atoms with van der Waals surface area (Å²) in [5.74, 6) is -0.463. The van der Waals surface area contributed by atoms with E-state index in [1.165, 1.54) is 6.07 Å². The van der Waals surface area contributed by atoms with Gasteiger partial charge in [0, 0.05) is 25.3 Å². The smallest absolute Gasteiger partial charge is 0.242 e. The quantitative estimate of drug-likeness (QED) is 0.785. The van der Waals surface area contributed by atoms with Crippen molar-refractivity contribution in [3.05, 3.63) is 36.7 Å². The first-order chi connectivity index (χ1) is 11.4. The number of hydrogen-bond acceptors (Lipinski definition) is 4. The summed E-state index contributed by atoms with van der Waals surface area (Å²) in [6.45, 7) is 11.0. The summed E-state index contributed by atoms with van der Waals surface area (Å²) in [4.78, 5) is 13.8. The molecule has 1 aromatic carbocycles. The van der Waals surface area contributed by atoms with E-state index in [9.17, 15) is 9.18 Å². The Balaban J connectivity index is 2.04. The maximum Gasteiger partial charge on any atom is 0.242 e. The highest BCUT2D eigenvalue weighted by Crippen LogP contribution is 2.26. The van der Waals surface area contributed by atoms with Crippen LogP contribution in [0.4, 0.5) is 15.8 Å². The van der Waals surface area contributed by atoms with E-state index in [4.69, 9.17) is 4.74 Å². The fraction of sp³-hybridized carbons (Fsp3) is 0.500. The SMILES string of the molecule is C=CCNC(=O)[C@H](C)Nc1ccc(N2C[C@@H](C)O[C@H](C)C2)c(F)c1. The van der Waals surface area contributed by atoms with E-state index in [2.05, 4.69) is 17.2 Å². The number of ether oxygens (including phenoxy) is 1. The molecule has 0 aromatic heterocycles. The Kier molecular flexibility index (Phi) is 6.20. The number of morpholine rings is 1. The molecular weight excluding hydrogens is 309 g/mol. The van der Waals surface area contributed by atoms with Crippen molar-refractivity contribution in [1.29, 1.82) is 0 Å². The summed E-state index contributed by atoms with van der Waals surface area (Å²) in [6, 6.07) is 4.51. The van der Waals surface area contributed by atoms with Crippen molar-refractivity contribution in [3.8, 4) is 0 Å². The third-order valence-electron chi connectivity index (χ3n) is 3.91. The zero-order chi connectivity index (χ0) is 17.7. The van der Waals surface area contributed by atoms with Gasteiger partial charge in [0.05, 0.1) is 17.9 Å². The number of amides is 1. The highest BCUT2D eigenvalue weighted by molar-refractivity contribution is 5.84. The van der Waals surface area contributed by atoms with E-state index >= 15 is 0 Å². The molecule has 2 rings (SSSR count). The van der Waals surface area contributed by atoms with Crippen LogP contribution in [0.3, 0.4) is 0 Å². The first kappa shape index (κ1) is 18.3. The number of halogens is 1. The molecule has 1 fully saturated rings. The molecule has 3 atom stereocenters. The second kappa shape index (κ2) is 8.15. The molecular formula is C18H26FN3O2. The topological polar surface area (TPSA) is 53.6 Å². The molecule has 1 aliphatic heterocycles. The lowest BCUT2D eigenvalue weighted by Crippen LogP contribution is -2.45. The summed E-state index contributed by atoms with van der Waals surface area (Å²) >= 11 is 0. The van der Waals surface area contributed by atoms with Crippen molar-refractivity contribution < 1.29 is 13.9 Å². The van der Waals surface area contributed by atoms with E-state index in [-0.39, 0.29) is 23.9 Å². The number of carbonyl (C=O) groups is 1. The van der Waals surface area contributed by atoms with Crippen LogP contribution in [-0.2, 0) is 9.53 Å². The van der Waals surface area contributed by atoms with Crippen LogP contribution in [0.5, 0.6) is 0 Å². The van der Waals surface area contributed by atoms with Crippen LogP contribution in [0.2, 0.25) is 0 Å². The third-order valence-corrected chi connectivity index (χ3v) is 3.91. The van der Waals surface area contributed by atoms with Gasteiger partial charge < -0.3 is 20.3 Å². The number of nitrogens with zero attached hydrogens (tertiary/aromatic N) is 1. The summed E-state index contributed by atoms with van der Waals surface area (Å²) in [6.07, 6.45) is 1.75. The lowest BCUT2D eigenvalue weighted by atomic mass is 10.1. The van der Waals surface area contributed by atoms with Crippen LogP contribution in [-0.4, -0.2) is 43.8 Å². The fourth-order valence-corrected chi connectivity index (χ4v) is 2.87. The normalized spacial score (nSPS) is 21.9. The van der Waals surface area contributed by atoms with Crippen LogP contribution in [0.15, 0.2) is 30.9 Å². The van der Waals surface area contributed by atoms with E-state index in [1.54, 1.807) is 25.1 Å². The highest BCUT2D eigenvalue weighted by atomic mass is 19.1. The van der Waals surface area contributed by atoms with E-state index in [1.807, 2.05) is 18.7 Å². The van der Waals surface area contributed by atoms with Crippen molar-refractivity contribution in [2.45, 2.75) is 39.0 Å². The van der Waals surface area contributed by atoms with Gasteiger partial charge in [-0.05, 0) is 39.0 Å². The molecule has 132 valence electrons. The Morgan fingerprint density at radius 2 is 2.12 bits per heavy atom. The predicted molar refractivity (Wildman–Crippen MR) is 94.9 cm³/mol. The van der Waals surface area contributed by atoms with Gasteiger partial charge in [-0.2, -0.15) is 0 Å². The molecule has 1 saturated heterocycles. The van der Waals surface area contributed by atoms with Gasteiger partial charge >= 0.3 is 0 Å². The van der Waals surface area contributed by atoms with Gasteiger partial charge in [0.1, 0.15) is 11.9 Å². The average Bonchev–Trinajstić information content (AvgIpc) is 2.51. The van der Waals surface area contributed by atoms with Crippen LogP contribution in [0.1, 0.15) is 20.8 Å². The number of nitrogens with one attached hydrogen (secondary N) is 2. The van der Waals surface area contributed by atoms with Crippen molar-refractivity contribution >= 4 is 17.3 Å². The zero-order valence-corrected chi connectivity index (χ0v) is 14.5. The number of anilines is 2. The number of hydrogen-bond donors (Lipinski definition) is 2. The first-order valence-corrected chi connectivity index (χ1v) is 8.25. The second-order valence-electron chi connectivity index (χ2n) is 6.23. The maximum absolute atomic E-state index is 14.5. The van der Waals surface area contributed by atoms with Gasteiger partial charge in [0.15, 0.2) is 0 Å². The van der Waals surface area contributed by atoms with Crippen molar-refractivity contribution in [3.63, 3.8) is 0 Å². The Bertz CT molecular complexity index is 584. The summed E-state index contributed by atoms with van der Waals surface area (Å²) in [7, 11) is 0. The third kappa shape index (κ3) is 4.71. The minimum absolute atomic E-state index is 0.0690. The van der Waals surface area contributed by atoms with Gasteiger partial charge in [-0.25, -0.2) is 4.39 Å². The minimum Gasteiger partial charge on any atom is -0.374 e. The van der Waals surface area contributed by atoms with E-state index in [0.29, 0.717) is 31.0 Å². The average molecular weight is 335 g/mol. The highest BCUT2D eigenvalue weighted by Gasteiger charge is 2.24. The molecule has 0 radical (unpaired) electrons. The van der Waals surface area contributed by atoms with Crippen LogP contribution in [0, 0.1) is 5.82 Å². The lowest BCUT2D eigenvalue weighted by Gasteiger charge is -2.37. The standard InChI is InChI=1S/C18H26FN3O2/c1-5-8-20-18(23)14(4)21-15-6-7-17(16(19)9-15)22-10-12(2)24-13(3)11-22/h5-7,9,12-14,21H,1,8,10-11H2,2-4H3,(H,20,23)/t12-,13-,14+/m1/s1. The Hall–Kier alpha value is -2.08. The molecule has 0 aliphatic carbocycles. The number of rotatable bonds is 6. The molecule has 1 aromatic rings. The first-order valence-electron chi connectivity index (χ1n) is 8.25. The van der Waals surface area contributed by atoms with Gasteiger partial charge in [-0.1, -0.05) is 6.08 Å². The molecule has 1 aliphatic rings. The molecule has 0 saturated carbocycles. The minimum atomic E-state index is -0.460. The Labute approximate surface area is 142 Å². The monoisotopic (exact) mass is 335 g/mol. The van der Waals surface area contributed by atoms with E-state index < -0.39 is 6.04 Å². The number of benzene rings is 1. The lowest BCUT2D eigenvalue weighted by molar-refractivity contribution is -0.121. The van der Waals surface area contributed by atoms with Crippen LogP contribution in [0.25, 0.3) is 0 Å². The molecule has 1 heterocycles. The van der Waals surface area contributed by atoms with Crippen LogP contribution < -0.4 is 15.5 Å². The van der Waals surface area contributed by atoms with Crippen molar-refractivity contribution in [2.24, 2.45) is 0 Å². The van der Waals surface area contributed by atoms with Crippen molar-refractivity contribution in [1.82, 2.24) is 5.32 Å². The van der Waals surface area contributed by atoms with Crippen LogP contribution >= 0.6 is 0 Å². The predicted octanol–water partition coefficient (Wildman–Crippen LogP) is 2.54.